The molecule has 0 saturated carbocycles. The number of carbonyl (C=O) groups is 1. The quantitative estimate of drug-likeness (QED) is 0.572. The van der Waals surface area contributed by atoms with Crippen molar-refractivity contribution in [3.05, 3.63) is 71.7 Å². The summed E-state index contributed by atoms with van der Waals surface area (Å²) in [6.07, 6.45) is 4.11. The van der Waals surface area contributed by atoms with Gasteiger partial charge >= 0.3 is 0 Å². The summed E-state index contributed by atoms with van der Waals surface area (Å²) < 4.78 is 0. The number of aromatic nitrogens is 3. The molecule has 0 radical (unpaired) electrons. The molecule has 0 bridgehead atoms. The molecule has 3 heterocycles. The fourth-order valence-corrected chi connectivity index (χ4v) is 3.18. The summed E-state index contributed by atoms with van der Waals surface area (Å²) in [5.74, 6) is 1.46. The van der Waals surface area contributed by atoms with Crippen LogP contribution in [0.5, 0.6) is 0 Å². The molecule has 2 aromatic heterocycles. The molecule has 7 heteroatoms. The highest BCUT2D eigenvalue weighted by atomic mass is 16.1. The Morgan fingerprint density at radius 3 is 2.68 bits per heavy atom. The number of carbonyl (C=O) groups excluding carboxylic acids is 1. The van der Waals surface area contributed by atoms with E-state index in [2.05, 4.69) is 20.9 Å². The Hall–Kier alpha value is -3.32. The van der Waals surface area contributed by atoms with Gasteiger partial charge in [0, 0.05) is 48.7 Å². The van der Waals surface area contributed by atoms with Crippen molar-refractivity contribution in [3.8, 4) is 11.4 Å². The number of amides is 1. The van der Waals surface area contributed by atoms with Gasteiger partial charge in [0.15, 0.2) is 5.82 Å². The van der Waals surface area contributed by atoms with Gasteiger partial charge in [-0.15, -0.1) is 0 Å². The molecule has 1 amide bonds. The highest BCUT2D eigenvalue weighted by Gasteiger charge is 2.18. The van der Waals surface area contributed by atoms with Gasteiger partial charge < -0.3 is 16.0 Å². The van der Waals surface area contributed by atoms with Crippen molar-refractivity contribution >= 4 is 11.7 Å². The van der Waals surface area contributed by atoms with Gasteiger partial charge in [-0.05, 0) is 25.1 Å². The van der Waals surface area contributed by atoms with Gasteiger partial charge in [-0.3, -0.25) is 9.78 Å². The van der Waals surface area contributed by atoms with E-state index in [1.54, 1.807) is 24.5 Å². The molecule has 0 fully saturated rings. The van der Waals surface area contributed by atoms with Crippen molar-refractivity contribution in [3.63, 3.8) is 0 Å². The molecular formula is C21H22N6O. The van der Waals surface area contributed by atoms with Gasteiger partial charge in [0.1, 0.15) is 5.82 Å². The fraction of sp³-hybridized carbons (Fsp3) is 0.238. The molecule has 3 N–H and O–H groups in total. The maximum Gasteiger partial charge on any atom is 0.251 e. The average Bonchev–Trinajstić information content (AvgIpc) is 2.77. The first-order valence-electron chi connectivity index (χ1n) is 9.39. The molecular weight excluding hydrogens is 352 g/mol. The number of anilines is 1. The average molecular weight is 374 g/mol. The molecule has 0 spiro atoms. The van der Waals surface area contributed by atoms with Crippen LogP contribution in [0.4, 0.5) is 5.82 Å². The predicted molar refractivity (Wildman–Crippen MR) is 108 cm³/mol. The topological polar surface area (TPSA) is 91.8 Å². The third-order valence-electron chi connectivity index (χ3n) is 4.61. The van der Waals surface area contributed by atoms with Crippen LogP contribution < -0.4 is 16.0 Å². The monoisotopic (exact) mass is 374 g/mol. The minimum Gasteiger partial charge on any atom is -0.368 e. The van der Waals surface area contributed by atoms with E-state index in [4.69, 9.17) is 9.97 Å². The first-order chi connectivity index (χ1) is 13.8. The van der Waals surface area contributed by atoms with E-state index in [1.165, 1.54) is 0 Å². The standard InChI is InChI=1S/C21H22N6O/c28-21(16-6-9-22-10-7-16)25-13-12-24-20-17-8-11-23-14-18(17)26-19(27-20)15-4-2-1-3-5-15/h1-7,9-10,23H,8,11-14H2,(H,25,28)(H,24,26,27). The summed E-state index contributed by atoms with van der Waals surface area (Å²) in [5.41, 5.74) is 3.78. The zero-order valence-corrected chi connectivity index (χ0v) is 15.5. The van der Waals surface area contributed by atoms with Crippen LogP contribution in [0.25, 0.3) is 11.4 Å². The van der Waals surface area contributed by atoms with Crippen molar-refractivity contribution in [2.75, 3.05) is 25.0 Å². The second-order valence-corrected chi connectivity index (χ2v) is 6.53. The normalized spacial score (nSPS) is 12.9. The van der Waals surface area contributed by atoms with Crippen LogP contribution in [0.1, 0.15) is 21.6 Å². The van der Waals surface area contributed by atoms with Crippen LogP contribution in [-0.4, -0.2) is 40.5 Å². The lowest BCUT2D eigenvalue weighted by Gasteiger charge is -2.21. The molecule has 1 aliphatic rings. The summed E-state index contributed by atoms with van der Waals surface area (Å²) >= 11 is 0. The Labute approximate surface area is 163 Å². The summed E-state index contributed by atoms with van der Waals surface area (Å²) in [5, 5.41) is 9.66. The summed E-state index contributed by atoms with van der Waals surface area (Å²) in [6, 6.07) is 13.4. The maximum absolute atomic E-state index is 12.1. The van der Waals surface area contributed by atoms with Crippen molar-refractivity contribution in [2.24, 2.45) is 0 Å². The third-order valence-corrected chi connectivity index (χ3v) is 4.61. The molecule has 28 heavy (non-hydrogen) atoms. The summed E-state index contributed by atoms with van der Waals surface area (Å²) in [6.45, 7) is 2.74. The SMILES string of the molecule is O=C(NCCNc1nc(-c2ccccc2)nc2c1CCNC2)c1ccncc1. The van der Waals surface area contributed by atoms with E-state index in [9.17, 15) is 4.79 Å². The Kier molecular flexibility index (Phi) is 5.53. The van der Waals surface area contributed by atoms with Crippen molar-refractivity contribution in [2.45, 2.75) is 13.0 Å². The first kappa shape index (κ1) is 18.1. The van der Waals surface area contributed by atoms with E-state index in [-0.39, 0.29) is 5.91 Å². The van der Waals surface area contributed by atoms with Crippen LogP contribution in [-0.2, 0) is 13.0 Å². The fourth-order valence-electron chi connectivity index (χ4n) is 3.18. The van der Waals surface area contributed by atoms with Gasteiger partial charge in [-0.25, -0.2) is 9.97 Å². The number of nitrogens with zero attached hydrogens (tertiary/aromatic N) is 3. The van der Waals surface area contributed by atoms with E-state index >= 15 is 0 Å². The number of pyridine rings is 1. The Balaban J connectivity index is 1.45. The van der Waals surface area contributed by atoms with Crippen molar-refractivity contribution in [1.29, 1.82) is 0 Å². The first-order valence-corrected chi connectivity index (χ1v) is 9.39. The molecule has 0 saturated heterocycles. The minimum atomic E-state index is -0.108. The highest BCUT2D eigenvalue weighted by molar-refractivity contribution is 5.93. The third kappa shape index (κ3) is 4.15. The largest absolute Gasteiger partial charge is 0.368 e. The lowest BCUT2D eigenvalue weighted by atomic mass is 10.1. The van der Waals surface area contributed by atoms with Gasteiger partial charge in [0.2, 0.25) is 0 Å². The Morgan fingerprint density at radius 1 is 1.04 bits per heavy atom. The van der Waals surface area contributed by atoms with E-state index in [1.807, 2.05) is 30.3 Å². The molecule has 1 aliphatic heterocycles. The summed E-state index contributed by atoms with van der Waals surface area (Å²) in [7, 11) is 0. The van der Waals surface area contributed by atoms with E-state index < -0.39 is 0 Å². The lowest BCUT2D eigenvalue weighted by Crippen LogP contribution is -2.30. The zero-order chi connectivity index (χ0) is 19.2. The van der Waals surface area contributed by atoms with Crippen LogP contribution in [0.15, 0.2) is 54.9 Å². The number of fused-ring (bicyclic) bond motifs is 1. The molecule has 0 atom stereocenters. The summed E-state index contributed by atoms with van der Waals surface area (Å²) in [4.78, 5) is 25.6. The number of rotatable bonds is 6. The lowest BCUT2D eigenvalue weighted by molar-refractivity contribution is 0.0955. The Bertz CT molecular complexity index is 946. The van der Waals surface area contributed by atoms with Gasteiger partial charge in [0.25, 0.3) is 5.91 Å². The number of hydrogen-bond acceptors (Lipinski definition) is 6. The number of benzene rings is 1. The number of hydrogen-bond donors (Lipinski definition) is 3. The van der Waals surface area contributed by atoms with Crippen LogP contribution in [0.3, 0.4) is 0 Å². The molecule has 0 aliphatic carbocycles. The van der Waals surface area contributed by atoms with Crippen molar-refractivity contribution < 1.29 is 4.79 Å². The van der Waals surface area contributed by atoms with Gasteiger partial charge in [-0.1, -0.05) is 30.3 Å². The number of nitrogens with one attached hydrogen (secondary N) is 3. The molecule has 1 aromatic carbocycles. The maximum atomic E-state index is 12.1. The van der Waals surface area contributed by atoms with Crippen LogP contribution in [0.2, 0.25) is 0 Å². The second-order valence-electron chi connectivity index (χ2n) is 6.53. The molecule has 4 rings (SSSR count). The van der Waals surface area contributed by atoms with E-state index in [0.717, 1.165) is 42.1 Å². The molecule has 142 valence electrons. The van der Waals surface area contributed by atoms with Gasteiger partial charge in [-0.2, -0.15) is 0 Å². The predicted octanol–water partition coefficient (Wildman–Crippen LogP) is 2.03. The molecule has 3 aromatic rings. The highest BCUT2D eigenvalue weighted by Crippen LogP contribution is 2.24. The smallest absolute Gasteiger partial charge is 0.251 e. The van der Waals surface area contributed by atoms with Crippen molar-refractivity contribution in [1.82, 2.24) is 25.6 Å². The Morgan fingerprint density at radius 2 is 1.86 bits per heavy atom. The zero-order valence-electron chi connectivity index (χ0n) is 15.5. The van der Waals surface area contributed by atoms with E-state index in [0.29, 0.717) is 24.5 Å². The second kappa shape index (κ2) is 8.58. The van der Waals surface area contributed by atoms with Gasteiger partial charge in [0.05, 0.1) is 5.69 Å². The molecule has 0 unspecified atom stereocenters. The van der Waals surface area contributed by atoms with Crippen LogP contribution >= 0.6 is 0 Å². The minimum absolute atomic E-state index is 0.108. The van der Waals surface area contributed by atoms with Crippen LogP contribution in [0, 0.1) is 0 Å². The molecule has 7 nitrogen and oxygen atoms in total.